The average Bonchev–Trinajstić information content (AvgIpc) is 2.19. The van der Waals surface area contributed by atoms with Crippen molar-refractivity contribution >= 4 is 17.7 Å². The van der Waals surface area contributed by atoms with E-state index in [-0.39, 0.29) is 5.97 Å². The van der Waals surface area contributed by atoms with Crippen LogP contribution in [0.5, 0.6) is 0 Å². The third kappa shape index (κ3) is 5.42. The maximum Gasteiger partial charge on any atom is 0.326 e. The first-order chi connectivity index (χ1) is 7.10. The zero-order chi connectivity index (χ0) is 11.7. The van der Waals surface area contributed by atoms with Crippen molar-refractivity contribution in [2.45, 2.75) is 39.7 Å². The van der Waals surface area contributed by atoms with Crippen molar-refractivity contribution < 1.29 is 9.53 Å². The number of thioether (sulfide) groups is 1. The van der Waals surface area contributed by atoms with Crippen molar-refractivity contribution in [2.75, 3.05) is 24.7 Å². The summed E-state index contributed by atoms with van der Waals surface area (Å²) in [6.45, 7) is 9.12. The fraction of sp³-hybridized carbons (Fsp3) is 0.909. The van der Waals surface area contributed by atoms with Gasteiger partial charge in [-0.1, -0.05) is 13.8 Å². The fourth-order valence-corrected chi connectivity index (χ4v) is 2.21. The second kappa shape index (κ2) is 7.99. The maximum absolute atomic E-state index is 11.8. The molecule has 0 radical (unpaired) electrons. The molecule has 0 aromatic rings. The van der Waals surface area contributed by atoms with Crippen molar-refractivity contribution in [1.82, 2.24) is 5.32 Å². The molecule has 0 bridgehead atoms. The van der Waals surface area contributed by atoms with Crippen molar-refractivity contribution in [3.8, 4) is 0 Å². The molecular formula is C11H23NO2S. The molecule has 0 aromatic carbocycles. The molecule has 0 amide bonds. The molecule has 0 saturated heterocycles. The van der Waals surface area contributed by atoms with Crippen LogP contribution in [0.4, 0.5) is 0 Å². The number of carbonyl (C=O) groups excluding carboxylic acids is 1. The second-order valence-electron chi connectivity index (χ2n) is 3.53. The number of esters is 1. The van der Waals surface area contributed by atoms with E-state index >= 15 is 0 Å². The van der Waals surface area contributed by atoms with E-state index in [4.69, 9.17) is 4.74 Å². The zero-order valence-electron chi connectivity index (χ0n) is 10.3. The monoisotopic (exact) mass is 233 g/mol. The molecule has 90 valence electrons. The Labute approximate surface area is 97.3 Å². The highest BCUT2D eigenvalue weighted by Crippen LogP contribution is 2.16. The van der Waals surface area contributed by atoms with Crippen LogP contribution in [0.3, 0.4) is 0 Å². The highest BCUT2D eigenvalue weighted by molar-refractivity contribution is 7.99. The average molecular weight is 233 g/mol. The SMILES string of the molecule is CCNC(C)(CCSCC)C(=O)OCC. The molecule has 0 aromatic heterocycles. The Morgan fingerprint density at radius 2 is 2.07 bits per heavy atom. The largest absolute Gasteiger partial charge is 0.465 e. The van der Waals surface area contributed by atoms with Crippen LogP contribution < -0.4 is 5.32 Å². The second-order valence-corrected chi connectivity index (χ2v) is 4.92. The maximum atomic E-state index is 11.8. The summed E-state index contributed by atoms with van der Waals surface area (Å²) in [5, 5.41) is 3.21. The Kier molecular flexibility index (Phi) is 7.88. The number of carbonyl (C=O) groups is 1. The van der Waals surface area contributed by atoms with Crippen LogP contribution >= 0.6 is 11.8 Å². The molecule has 3 nitrogen and oxygen atoms in total. The fourth-order valence-electron chi connectivity index (χ4n) is 1.36. The van der Waals surface area contributed by atoms with Crippen LogP contribution in [0.25, 0.3) is 0 Å². The summed E-state index contributed by atoms with van der Waals surface area (Å²) in [7, 11) is 0. The van der Waals surface area contributed by atoms with Gasteiger partial charge in [-0.2, -0.15) is 11.8 Å². The lowest BCUT2D eigenvalue weighted by Crippen LogP contribution is -2.50. The van der Waals surface area contributed by atoms with E-state index in [2.05, 4.69) is 12.2 Å². The number of hydrogen-bond acceptors (Lipinski definition) is 4. The summed E-state index contributed by atoms with van der Waals surface area (Å²) in [5.41, 5.74) is -0.521. The molecule has 0 aliphatic carbocycles. The number of nitrogens with one attached hydrogen (secondary N) is 1. The molecule has 1 N–H and O–H groups in total. The molecule has 0 heterocycles. The Morgan fingerprint density at radius 3 is 2.53 bits per heavy atom. The summed E-state index contributed by atoms with van der Waals surface area (Å²) >= 11 is 1.85. The number of likely N-dealkylation sites (N-methyl/N-ethyl adjacent to an activating group) is 1. The quantitative estimate of drug-likeness (QED) is 0.514. The van der Waals surface area contributed by atoms with Gasteiger partial charge in [-0.25, -0.2) is 0 Å². The summed E-state index contributed by atoms with van der Waals surface area (Å²) in [6.07, 6.45) is 0.818. The van der Waals surface area contributed by atoms with Gasteiger partial charge in [-0.3, -0.25) is 4.79 Å². The van der Waals surface area contributed by atoms with Gasteiger partial charge in [0.15, 0.2) is 0 Å². The predicted molar refractivity (Wildman–Crippen MR) is 66.3 cm³/mol. The van der Waals surface area contributed by atoms with Crippen LogP contribution in [-0.2, 0) is 9.53 Å². The van der Waals surface area contributed by atoms with Gasteiger partial charge in [-0.05, 0) is 38.3 Å². The Bertz CT molecular complexity index is 187. The molecule has 0 aliphatic heterocycles. The Hall–Kier alpha value is -0.220. The van der Waals surface area contributed by atoms with Gasteiger partial charge in [0.25, 0.3) is 0 Å². The molecule has 0 saturated carbocycles. The van der Waals surface area contributed by atoms with E-state index < -0.39 is 5.54 Å². The summed E-state index contributed by atoms with van der Waals surface area (Å²) in [6, 6.07) is 0. The first kappa shape index (κ1) is 14.8. The van der Waals surface area contributed by atoms with E-state index in [9.17, 15) is 4.79 Å². The molecule has 0 fully saturated rings. The lowest BCUT2D eigenvalue weighted by Gasteiger charge is -2.27. The number of ether oxygens (including phenoxy) is 1. The van der Waals surface area contributed by atoms with E-state index in [0.717, 1.165) is 24.5 Å². The van der Waals surface area contributed by atoms with Crippen molar-refractivity contribution in [2.24, 2.45) is 0 Å². The van der Waals surface area contributed by atoms with Gasteiger partial charge >= 0.3 is 5.97 Å². The van der Waals surface area contributed by atoms with Gasteiger partial charge in [-0.15, -0.1) is 0 Å². The lowest BCUT2D eigenvalue weighted by atomic mass is 9.99. The molecule has 0 aliphatic rings. The van der Waals surface area contributed by atoms with E-state index in [0.29, 0.717) is 6.61 Å². The van der Waals surface area contributed by atoms with Gasteiger partial charge in [0.2, 0.25) is 0 Å². The zero-order valence-corrected chi connectivity index (χ0v) is 11.1. The number of hydrogen-bond donors (Lipinski definition) is 1. The third-order valence-corrected chi connectivity index (χ3v) is 3.14. The van der Waals surface area contributed by atoms with Gasteiger partial charge in [0.1, 0.15) is 5.54 Å². The molecular weight excluding hydrogens is 210 g/mol. The first-order valence-electron chi connectivity index (χ1n) is 5.60. The molecule has 0 spiro atoms. The van der Waals surface area contributed by atoms with E-state index in [1.165, 1.54) is 0 Å². The topological polar surface area (TPSA) is 38.3 Å². The predicted octanol–water partition coefficient (Wildman–Crippen LogP) is 2.06. The summed E-state index contributed by atoms with van der Waals surface area (Å²) in [4.78, 5) is 11.8. The highest BCUT2D eigenvalue weighted by Gasteiger charge is 2.32. The van der Waals surface area contributed by atoms with Crippen molar-refractivity contribution in [1.29, 1.82) is 0 Å². The van der Waals surface area contributed by atoms with Crippen LogP contribution in [-0.4, -0.2) is 36.2 Å². The summed E-state index contributed by atoms with van der Waals surface area (Å²) in [5.74, 6) is 1.94. The normalized spacial score (nSPS) is 14.7. The van der Waals surface area contributed by atoms with Crippen LogP contribution in [0.1, 0.15) is 34.1 Å². The van der Waals surface area contributed by atoms with E-state index in [1.807, 2.05) is 32.5 Å². The van der Waals surface area contributed by atoms with Crippen molar-refractivity contribution in [3.05, 3.63) is 0 Å². The van der Waals surface area contributed by atoms with Gasteiger partial charge in [0.05, 0.1) is 6.61 Å². The minimum Gasteiger partial charge on any atom is -0.465 e. The van der Waals surface area contributed by atoms with E-state index in [1.54, 1.807) is 0 Å². The minimum atomic E-state index is -0.521. The van der Waals surface area contributed by atoms with Crippen molar-refractivity contribution in [3.63, 3.8) is 0 Å². The Balaban J connectivity index is 4.22. The molecule has 0 rings (SSSR count). The van der Waals surface area contributed by atoms with Crippen LogP contribution in [0.15, 0.2) is 0 Å². The van der Waals surface area contributed by atoms with Crippen LogP contribution in [0, 0.1) is 0 Å². The standard InChI is InChI=1S/C11H23NO2S/c1-5-12-11(4,8-9-15-7-3)10(13)14-6-2/h12H,5-9H2,1-4H3. The smallest absolute Gasteiger partial charge is 0.326 e. The highest BCUT2D eigenvalue weighted by atomic mass is 32.2. The first-order valence-corrected chi connectivity index (χ1v) is 6.76. The number of rotatable bonds is 8. The minimum absolute atomic E-state index is 0.136. The lowest BCUT2D eigenvalue weighted by molar-refractivity contribution is -0.150. The third-order valence-electron chi connectivity index (χ3n) is 2.24. The molecule has 1 atom stereocenters. The van der Waals surface area contributed by atoms with Gasteiger partial charge < -0.3 is 10.1 Å². The van der Waals surface area contributed by atoms with Gasteiger partial charge in [0, 0.05) is 0 Å². The molecule has 1 unspecified atom stereocenters. The Morgan fingerprint density at radius 1 is 1.40 bits per heavy atom. The van der Waals surface area contributed by atoms with Crippen LogP contribution in [0.2, 0.25) is 0 Å². The summed E-state index contributed by atoms with van der Waals surface area (Å²) < 4.78 is 5.08. The molecule has 4 heteroatoms. The molecule has 15 heavy (non-hydrogen) atoms.